The number of pyridine rings is 1. The number of ether oxygens (including phenoxy) is 1. The second-order valence-electron chi connectivity index (χ2n) is 7.02. The molecule has 0 radical (unpaired) electrons. The second kappa shape index (κ2) is 9.45. The minimum absolute atomic E-state index is 0.313. The van der Waals surface area contributed by atoms with Gasteiger partial charge >= 0.3 is 0 Å². The van der Waals surface area contributed by atoms with Crippen molar-refractivity contribution in [3.63, 3.8) is 0 Å². The quantitative estimate of drug-likeness (QED) is 0.440. The molecule has 1 N–H and O–H groups in total. The van der Waals surface area contributed by atoms with E-state index in [0.717, 1.165) is 22.6 Å². The molecule has 156 valence electrons. The topological polar surface area (TPSA) is 69.0 Å². The lowest BCUT2D eigenvalue weighted by Gasteiger charge is -2.13. The number of anilines is 1. The number of amides is 1. The molecule has 4 rings (SSSR count). The Bertz CT molecular complexity index is 1180. The van der Waals surface area contributed by atoms with E-state index in [1.807, 2.05) is 55.5 Å². The van der Waals surface area contributed by atoms with Gasteiger partial charge in [0.05, 0.1) is 6.54 Å². The van der Waals surface area contributed by atoms with E-state index in [0.29, 0.717) is 29.7 Å². The first-order valence-corrected chi connectivity index (χ1v) is 10.2. The number of benzene rings is 2. The normalized spacial score (nSPS) is 10.6. The van der Waals surface area contributed by atoms with Crippen LogP contribution in [0.3, 0.4) is 0 Å². The van der Waals surface area contributed by atoms with Gasteiger partial charge in [-0.15, -0.1) is 0 Å². The number of halogens is 1. The molecule has 2 heterocycles. The predicted molar refractivity (Wildman–Crippen MR) is 120 cm³/mol. The lowest BCUT2D eigenvalue weighted by Crippen LogP contribution is -2.14. The third-order valence-corrected chi connectivity index (χ3v) is 4.94. The molecule has 6 nitrogen and oxygen atoms in total. The zero-order chi connectivity index (χ0) is 21.6. The molecule has 1 amide bonds. The maximum Gasteiger partial charge on any atom is 0.277 e. The van der Waals surface area contributed by atoms with Crippen LogP contribution < -0.4 is 10.1 Å². The molecule has 0 bridgehead atoms. The standard InChI is InChI=1S/C24H21ClN4O2/c1-17-13-21(24(30)27-23-9-5-6-12-26-23)28-29(17)15-19-14-20(25)10-11-22(19)31-16-18-7-3-2-4-8-18/h2-14H,15-16H2,1H3,(H,26,27,30). The van der Waals surface area contributed by atoms with Gasteiger partial charge in [-0.25, -0.2) is 4.98 Å². The van der Waals surface area contributed by atoms with Gasteiger partial charge in [0.15, 0.2) is 5.69 Å². The van der Waals surface area contributed by atoms with E-state index in [1.165, 1.54) is 0 Å². The van der Waals surface area contributed by atoms with Crippen LogP contribution in [0.15, 0.2) is 79.0 Å². The van der Waals surface area contributed by atoms with E-state index in [2.05, 4.69) is 15.4 Å². The Labute approximate surface area is 185 Å². The highest BCUT2D eigenvalue weighted by Gasteiger charge is 2.15. The predicted octanol–water partition coefficient (Wildman–Crippen LogP) is 5.12. The summed E-state index contributed by atoms with van der Waals surface area (Å²) in [5.41, 5.74) is 3.12. The van der Waals surface area contributed by atoms with Crippen LogP contribution in [0.5, 0.6) is 5.75 Å². The number of carbonyl (C=O) groups excluding carboxylic acids is 1. The van der Waals surface area contributed by atoms with Crippen LogP contribution >= 0.6 is 11.6 Å². The summed E-state index contributed by atoms with van der Waals surface area (Å²) in [6.07, 6.45) is 1.62. The molecular weight excluding hydrogens is 412 g/mol. The molecule has 0 atom stereocenters. The number of nitrogens with one attached hydrogen (secondary N) is 1. The molecule has 0 saturated heterocycles. The Morgan fingerprint density at radius 3 is 2.65 bits per heavy atom. The highest BCUT2D eigenvalue weighted by Crippen LogP contribution is 2.25. The van der Waals surface area contributed by atoms with Crippen LogP contribution in [0.25, 0.3) is 0 Å². The average Bonchev–Trinajstić information content (AvgIpc) is 3.15. The molecule has 0 unspecified atom stereocenters. The highest BCUT2D eigenvalue weighted by atomic mass is 35.5. The van der Waals surface area contributed by atoms with Gasteiger partial charge in [0.25, 0.3) is 5.91 Å². The van der Waals surface area contributed by atoms with Crippen LogP contribution in [0.2, 0.25) is 5.02 Å². The first-order valence-electron chi connectivity index (χ1n) is 9.80. The Kier molecular flexibility index (Phi) is 6.29. The van der Waals surface area contributed by atoms with Crippen LogP contribution in [0.1, 0.15) is 27.3 Å². The third kappa shape index (κ3) is 5.29. The molecule has 0 aliphatic rings. The van der Waals surface area contributed by atoms with Gasteiger partial charge < -0.3 is 10.1 Å². The molecule has 7 heteroatoms. The summed E-state index contributed by atoms with van der Waals surface area (Å²) in [6.45, 7) is 2.78. The molecule has 0 fully saturated rings. The zero-order valence-corrected chi connectivity index (χ0v) is 17.7. The van der Waals surface area contributed by atoms with Crippen molar-refractivity contribution in [3.05, 3.63) is 107 Å². The number of carbonyl (C=O) groups is 1. The van der Waals surface area contributed by atoms with Crippen molar-refractivity contribution >= 4 is 23.3 Å². The Morgan fingerprint density at radius 1 is 1.06 bits per heavy atom. The number of hydrogen-bond donors (Lipinski definition) is 1. The molecule has 2 aromatic carbocycles. The second-order valence-corrected chi connectivity index (χ2v) is 7.46. The van der Waals surface area contributed by atoms with Crippen molar-refractivity contribution in [2.75, 3.05) is 5.32 Å². The number of hydrogen-bond acceptors (Lipinski definition) is 4. The van der Waals surface area contributed by atoms with Crippen LogP contribution in [0, 0.1) is 6.92 Å². The molecule has 2 aromatic heterocycles. The first-order chi connectivity index (χ1) is 15.1. The van der Waals surface area contributed by atoms with Crippen LogP contribution in [0.4, 0.5) is 5.82 Å². The van der Waals surface area contributed by atoms with Crippen LogP contribution in [-0.2, 0) is 13.2 Å². The number of aryl methyl sites for hydroxylation is 1. The van der Waals surface area contributed by atoms with Gasteiger partial charge in [-0.2, -0.15) is 5.10 Å². The van der Waals surface area contributed by atoms with Gasteiger partial charge in [-0.3, -0.25) is 9.48 Å². The summed E-state index contributed by atoms with van der Waals surface area (Å²) in [4.78, 5) is 16.6. The van der Waals surface area contributed by atoms with E-state index in [1.54, 1.807) is 35.1 Å². The fourth-order valence-corrected chi connectivity index (χ4v) is 3.30. The summed E-state index contributed by atoms with van der Waals surface area (Å²) in [5, 5.41) is 7.83. The lowest BCUT2D eigenvalue weighted by atomic mass is 10.2. The van der Waals surface area contributed by atoms with Crippen molar-refractivity contribution in [1.29, 1.82) is 0 Å². The number of rotatable bonds is 7. The van der Waals surface area contributed by atoms with E-state index < -0.39 is 0 Å². The SMILES string of the molecule is Cc1cc(C(=O)Nc2ccccn2)nn1Cc1cc(Cl)ccc1OCc1ccccc1. The van der Waals surface area contributed by atoms with Gasteiger partial charge in [0, 0.05) is 22.5 Å². The van der Waals surface area contributed by atoms with E-state index in [9.17, 15) is 4.79 Å². The van der Waals surface area contributed by atoms with Crippen LogP contribution in [-0.4, -0.2) is 20.7 Å². The number of nitrogens with zero attached hydrogens (tertiary/aromatic N) is 3. The fourth-order valence-electron chi connectivity index (χ4n) is 3.11. The smallest absolute Gasteiger partial charge is 0.277 e. The Balaban J connectivity index is 1.51. The highest BCUT2D eigenvalue weighted by molar-refractivity contribution is 6.30. The molecular formula is C24H21ClN4O2. The monoisotopic (exact) mass is 432 g/mol. The van der Waals surface area contributed by atoms with E-state index in [4.69, 9.17) is 16.3 Å². The average molecular weight is 433 g/mol. The van der Waals surface area contributed by atoms with Gasteiger partial charge in [0.2, 0.25) is 0 Å². The first kappa shape index (κ1) is 20.6. The van der Waals surface area contributed by atoms with Crippen molar-refractivity contribution in [2.45, 2.75) is 20.1 Å². The molecule has 31 heavy (non-hydrogen) atoms. The summed E-state index contributed by atoms with van der Waals surface area (Å²) in [5.74, 6) is 0.890. The van der Waals surface area contributed by atoms with E-state index in [-0.39, 0.29) is 5.91 Å². The molecule has 4 aromatic rings. The number of aromatic nitrogens is 3. The molecule has 0 saturated carbocycles. The third-order valence-electron chi connectivity index (χ3n) is 4.70. The van der Waals surface area contributed by atoms with Crippen molar-refractivity contribution in [1.82, 2.24) is 14.8 Å². The maximum atomic E-state index is 12.5. The van der Waals surface area contributed by atoms with Gasteiger partial charge in [-0.1, -0.05) is 48.0 Å². The zero-order valence-electron chi connectivity index (χ0n) is 17.0. The van der Waals surface area contributed by atoms with Gasteiger partial charge in [0.1, 0.15) is 18.2 Å². The minimum Gasteiger partial charge on any atom is -0.489 e. The summed E-state index contributed by atoms with van der Waals surface area (Å²) in [6, 6.07) is 22.5. The fraction of sp³-hybridized carbons (Fsp3) is 0.125. The van der Waals surface area contributed by atoms with Crippen molar-refractivity contribution in [3.8, 4) is 5.75 Å². The summed E-state index contributed by atoms with van der Waals surface area (Å²) in [7, 11) is 0. The molecule has 0 spiro atoms. The Morgan fingerprint density at radius 2 is 1.87 bits per heavy atom. The van der Waals surface area contributed by atoms with E-state index >= 15 is 0 Å². The van der Waals surface area contributed by atoms with Crippen molar-refractivity contribution in [2.24, 2.45) is 0 Å². The summed E-state index contributed by atoms with van der Waals surface area (Å²) < 4.78 is 7.79. The lowest BCUT2D eigenvalue weighted by molar-refractivity contribution is 0.102. The summed E-state index contributed by atoms with van der Waals surface area (Å²) >= 11 is 6.23. The molecule has 0 aliphatic carbocycles. The van der Waals surface area contributed by atoms with Gasteiger partial charge in [-0.05, 0) is 48.9 Å². The largest absolute Gasteiger partial charge is 0.489 e. The molecule has 0 aliphatic heterocycles. The van der Waals surface area contributed by atoms with Crippen molar-refractivity contribution < 1.29 is 9.53 Å². The Hall–Kier alpha value is -3.64. The maximum absolute atomic E-state index is 12.5. The minimum atomic E-state index is -0.313.